The molecule has 3 N–H and O–H groups in total. The highest BCUT2D eigenvalue weighted by molar-refractivity contribution is 7.14. The molecule has 1 fully saturated rings. The van der Waals surface area contributed by atoms with Gasteiger partial charge in [0.15, 0.2) is 6.61 Å². The van der Waals surface area contributed by atoms with E-state index >= 15 is 0 Å². The van der Waals surface area contributed by atoms with Gasteiger partial charge in [0.1, 0.15) is 10.8 Å². The summed E-state index contributed by atoms with van der Waals surface area (Å²) < 4.78 is 44.9. The fourth-order valence-corrected chi connectivity index (χ4v) is 4.06. The van der Waals surface area contributed by atoms with Crippen molar-refractivity contribution in [1.82, 2.24) is 4.98 Å². The maximum Gasteiger partial charge on any atom is 0.419 e. The Kier molecular flexibility index (Phi) is 6.78. The zero-order valence-corrected chi connectivity index (χ0v) is 17.0. The van der Waals surface area contributed by atoms with E-state index in [1.54, 1.807) is 5.38 Å². The van der Waals surface area contributed by atoms with E-state index in [1.807, 2.05) is 0 Å². The Labute approximate surface area is 179 Å². The minimum absolute atomic E-state index is 0.00268. The lowest BCUT2D eigenvalue weighted by molar-refractivity contribution is -0.151. The van der Waals surface area contributed by atoms with Crippen LogP contribution in [0.15, 0.2) is 29.8 Å². The first-order valence-corrected chi connectivity index (χ1v) is 10.2. The second-order valence-corrected chi connectivity index (χ2v) is 7.76. The average molecular weight is 456 g/mol. The number of piperidine rings is 1. The monoisotopic (exact) mass is 456 g/mol. The van der Waals surface area contributed by atoms with Crippen molar-refractivity contribution in [3.63, 3.8) is 0 Å². The van der Waals surface area contributed by atoms with Crippen LogP contribution in [0.25, 0.3) is 0 Å². The van der Waals surface area contributed by atoms with Crippen molar-refractivity contribution >= 4 is 39.9 Å². The predicted octanol–water partition coefficient (Wildman–Crippen LogP) is 2.66. The van der Waals surface area contributed by atoms with Gasteiger partial charge in [-0.1, -0.05) is 0 Å². The summed E-state index contributed by atoms with van der Waals surface area (Å²) in [6, 6.07) is 3.61. The Bertz CT molecular complexity index is 979. The van der Waals surface area contributed by atoms with E-state index in [0.29, 0.717) is 19.4 Å². The molecule has 3 heterocycles. The molecular formula is C19H19F3N4O4S. The number of amides is 2. The van der Waals surface area contributed by atoms with Crippen LogP contribution in [0, 0.1) is 5.92 Å². The number of nitrogens with zero attached hydrogens (tertiary/aromatic N) is 2. The molecule has 1 atom stereocenters. The van der Waals surface area contributed by atoms with Crippen molar-refractivity contribution in [3.8, 4) is 0 Å². The van der Waals surface area contributed by atoms with Crippen molar-refractivity contribution in [2.24, 2.45) is 11.7 Å². The van der Waals surface area contributed by atoms with Crippen molar-refractivity contribution in [2.45, 2.75) is 19.0 Å². The van der Waals surface area contributed by atoms with Gasteiger partial charge >= 0.3 is 12.1 Å². The van der Waals surface area contributed by atoms with E-state index in [2.05, 4.69) is 10.3 Å². The summed E-state index contributed by atoms with van der Waals surface area (Å²) in [7, 11) is 0. The number of anilines is 2. The number of alkyl halides is 3. The second-order valence-electron chi connectivity index (χ2n) is 6.84. The molecule has 0 unspecified atom stereocenters. The fourth-order valence-electron chi connectivity index (χ4n) is 3.25. The third-order valence-corrected chi connectivity index (χ3v) is 5.51. The normalized spacial score (nSPS) is 16.6. The molecule has 2 aromatic rings. The van der Waals surface area contributed by atoms with Crippen molar-refractivity contribution in [3.05, 3.63) is 40.9 Å². The quantitative estimate of drug-likeness (QED) is 0.646. The number of hydrogen-bond acceptors (Lipinski definition) is 7. The molecule has 1 saturated heterocycles. The summed E-state index contributed by atoms with van der Waals surface area (Å²) in [6.45, 7) is -0.279. The highest BCUT2D eigenvalue weighted by Gasteiger charge is 2.37. The summed E-state index contributed by atoms with van der Waals surface area (Å²) in [4.78, 5) is 41.0. The zero-order valence-electron chi connectivity index (χ0n) is 16.1. The molecule has 0 spiro atoms. The summed E-state index contributed by atoms with van der Waals surface area (Å²) in [6.07, 6.45) is -2.42. The van der Waals surface area contributed by atoms with Crippen LogP contribution < -0.4 is 16.0 Å². The number of hydrogen-bond donors (Lipinski definition) is 2. The van der Waals surface area contributed by atoms with Gasteiger partial charge in [-0.15, -0.1) is 11.3 Å². The molecule has 0 bridgehead atoms. The first kappa shape index (κ1) is 22.5. The van der Waals surface area contributed by atoms with Crippen LogP contribution in [-0.4, -0.2) is 42.5 Å². The zero-order chi connectivity index (χ0) is 22.6. The highest BCUT2D eigenvalue weighted by atomic mass is 32.1. The Hall–Kier alpha value is -3.15. The number of halogens is 3. The molecule has 166 valence electrons. The standard InChI is InChI=1S/C19H19F3N4O4S/c20-19(21,22)13-4-1-6-24-16(13)26-7-2-3-11(9-26)18(29)30-10-14(27)25-17-12(15(23)28)5-8-31-17/h1,4-6,8,11H,2-3,7,9-10H2,(H2,23,28)(H,25,27)/t11-/m1/s1. The van der Waals surface area contributed by atoms with Gasteiger partial charge in [-0.3, -0.25) is 14.4 Å². The third kappa shape index (κ3) is 5.51. The van der Waals surface area contributed by atoms with Crippen LogP contribution in [0.1, 0.15) is 28.8 Å². The van der Waals surface area contributed by atoms with Crippen molar-refractivity contribution in [2.75, 3.05) is 29.9 Å². The molecule has 2 aromatic heterocycles. The molecule has 0 aliphatic carbocycles. The molecular weight excluding hydrogens is 437 g/mol. The predicted molar refractivity (Wildman–Crippen MR) is 107 cm³/mol. The number of primary amides is 1. The van der Waals surface area contributed by atoms with E-state index in [9.17, 15) is 27.6 Å². The van der Waals surface area contributed by atoms with Gasteiger partial charge in [-0.25, -0.2) is 4.98 Å². The Morgan fingerprint density at radius 3 is 2.81 bits per heavy atom. The Balaban J connectivity index is 1.59. The Morgan fingerprint density at radius 2 is 2.10 bits per heavy atom. The number of carbonyl (C=O) groups excluding carboxylic acids is 3. The number of ether oxygens (including phenoxy) is 1. The average Bonchev–Trinajstić information content (AvgIpc) is 3.20. The number of pyridine rings is 1. The van der Waals surface area contributed by atoms with Crippen molar-refractivity contribution in [1.29, 1.82) is 0 Å². The summed E-state index contributed by atoms with van der Waals surface area (Å²) in [5, 5.41) is 4.26. The van der Waals surface area contributed by atoms with Gasteiger partial charge in [0.05, 0.1) is 17.0 Å². The highest BCUT2D eigenvalue weighted by Crippen LogP contribution is 2.36. The van der Waals surface area contributed by atoms with Crippen LogP contribution >= 0.6 is 11.3 Å². The van der Waals surface area contributed by atoms with Gasteiger partial charge in [-0.05, 0) is 36.4 Å². The SMILES string of the molecule is NC(=O)c1ccsc1NC(=O)COC(=O)[C@@H]1CCCN(c2ncccc2C(F)(F)F)C1. The third-order valence-electron chi connectivity index (χ3n) is 4.68. The number of nitrogens with two attached hydrogens (primary N) is 1. The van der Waals surface area contributed by atoms with Gasteiger partial charge in [0, 0.05) is 19.3 Å². The summed E-state index contributed by atoms with van der Waals surface area (Å²) >= 11 is 1.09. The minimum atomic E-state index is -4.57. The molecule has 0 aromatic carbocycles. The van der Waals surface area contributed by atoms with Crippen molar-refractivity contribution < 1.29 is 32.3 Å². The molecule has 8 nitrogen and oxygen atoms in total. The number of rotatable bonds is 6. The molecule has 1 aliphatic rings. The van der Waals surface area contributed by atoms with Gasteiger partial charge in [0.25, 0.3) is 11.8 Å². The van der Waals surface area contributed by atoms with Gasteiger partial charge in [0.2, 0.25) is 0 Å². The molecule has 0 radical (unpaired) electrons. The lowest BCUT2D eigenvalue weighted by Crippen LogP contribution is -2.41. The smallest absolute Gasteiger partial charge is 0.419 e. The molecule has 3 rings (SSSR count). The molecule has 2 amide bonds. The van der Waals surface area contributed by atoms with Crippen LogP contribution in [0.5, 0.6) is 0 Å². The van der Waals surface area contributed by atoms with E-state index in [4.69, 9.17) is 10.5 Å². The van der Waals surface area contributed by atoms with E-state index in [-0.39, 0.29) is 22.9 Å². The number of esters is 1. The number of thiophene rings is 1. The minimum Gasteiger partial charge on any atom is -0.455 e. The fraction of sp³-hybridized carbons (Fsp3) is 0.368. The van der Waals surface area contributed by atoms with E-state index in [0.717, 1.165) is 17.4 Å². The number of aromatic nitrogens is 1. The summed E-state index contributed by atoms with van der Waals surface area (Å²) in [5.41, 5.74) is 4.48. The lowest BCUT2D eigenvalue weighted by Gasteiger charge is -2.33. The first-order chi connectivity index (χ1) is 14.7. The number of nitrogens with one attached hydrogen (secondary N) is 1. The maximum absolute atomic E-state index is 13.3. The van der Waals surface area contributed by atoms with Crippen LogP contribution in [0.2, 0.25) is 0 Å². The molecule has 0 saturated carbocycles. The topological polar surface area (TPSA) is 115 Å². The van der Waals surface area contributed by atoms with Crippen LogP contribution in [-0.2, 0) is 20.5 Å². The van der Waals surface area contributed by atoms with Crippen LogP contribution in [0.4, 0.5) is 24.0 Å². The molecule has 1 aliphatic heterocycles. The maximum atomic E-state index is 13.3. The lowest BCUT2D eigenvalue weighted by atomic mass is 9.98. The van der Waals surface area contributed by atoms with Crippen LogP contribution in [0.3, 0.4) is 0 Å². The van der Waals surface area contributed by atoms with E-state index in [1.165, 1.54) is 23.2 Å². The molecule has 12 heteroatoms. The Morgan fingerprint density at radius 1 is 1.32 bits per heavy atom. The summed E-state index contributed by atoms with van der Waals surface area (Å²) in [5.74, 6) is -2.99. The van der Waals surface area contributed by atoms with Gasteiger partial charge < -0.3 is 20.7 Å². The largest absolute Gasteiger partial charge is 0.455 e. The van der Waals surface area contributed by atoms with Gasteiger partial charge in [-0.2, -0.15) is 13.2 Å². The van der Waals surface area contributed by atoms with E-state index < -0.39 is 42.0 Å². The number of carbonyl (C=O) groups is 3. The first-order valence-electron chi connectivity index (χ1n) is 9.27. The molecule has 31 heavy (non-hydrogen) atoms. The second kappa shape index (κ2) is 9.33.